The molecule has 1 aromatic heterocycles. The van der Waals surface area contributed by atoms with Gasteiger partial charge in [0, 0.05) is 5.56 Å². The number of benzene rings is 2. The smallest absolute Gasteiger partial charge is 0.350 e. The van der Waals surface area contributed by atoms with E-state index in [4.69, 9.17) is 9.47 Å². The quantitative estimate of drug-likeness (QED) is 0.155. The second-order valence-electron chi connectivity index (χ2n) is 8.20. The molecule has 10 heteroatoms. The molecule has 0 saturated carbocycles. The molecule has 1 N–H and O–H groups in total. The molecule has 1 aliphatic rings. The zero-order valence-electron chi connectivity index (χ0n) is 20.3. The van der Waals surface area contributed by atoms with Crippen LogP contribution in [-0.2, 0) is 14.3 Å². The van der Waals surface area contributed by atoms with E-state index < -0.39 is 35.3 Å². The van der Waals surface area contributed by atoms with Crippen LogP contribution in [0.5, 0.6) is 5.75 Å². The van der Waals surface area contributed by atoms with Crippen molar-refractivity contribution in [3.63, 3.8) is 0 Å². The number of methoxy groups -OCH3 is 1. The standard InChI is InChI=1S/C27H23FN2O6S/c1-5-12-36-18-10-11-19(14(2)13-18)22(31)20-21(16-6-8-17(28)9-7-16)30(25(33)23(20)32)27-29-15(3)24(37-27)26(34)35-4/h5-11,13,21,31H,1,12H2,2-4H3/t21-/m0/s1. The number of rotatable bonds is 7. The first-order valence-electron chi connectivity index (χ1n) is 11.1. The number of esters is 1. The molecule has 0 spiro atoms. The highest BCUT2D eigenvalue weighted by atomic mass is 32.1. The molecule has 8 nitrogen and oxygen atoms in total. The van der Waals surface area contributed by atoms with Crippen molar-refractivity contribution in [1.29, 1.82) is 0 Å². The fraction of sp³-hybridized carbons (Fsp3) is 0.185. The number of amides is 1. The second kappa shape index (κ2) is 10.4. The number of aryl methyl sites for hydroxylation is 2. The molecule has 1 aliphatic heterocycles. The summed E-state index contributed by atoms with van der Waals surface area (Å²) in [6.07, 6.45) is 1.60. The molecule has 0 unspecified atom stereocenters. The van der Waals surface area contributed by atoms with Crippen molar-refractivity contribution in [1.82, 2.24) is 4.98 Å². The lowest BCUT2D eigenvalue weighted by molar-refractivity contribution is -0.132. The van der Waals surface area contributed by atoms with Gasteiger partial charge >= 0.3 is 11.9 Å². The summed E-state index contributed by atoms with van der Waals surface area (Å²) in [5, 5.41) is 11.4. The van der Waals surface area contributed by atoms with E-state index in [2.05, 4.69) is 11.6 Å². The van der Waals surface area contributed by atoms with E-state index in [1.54, 1.807) is 38.1 Å². The van der Waals surface area contributed by atoms with Gasteiger partial charge < -0.3 is 14.6 Å². The summed E-state index contributed by atoms with van der Waals surface area (Å²) >= 11 is 0.883. The first kappa shape index (κ1) is 25.8. The van der Waals surface area contributed by atoms with Gasteiger partial charge in [-0.3, -0.25) is 14.5 Å². The molecule has 1 saturated heterocycles. The molecule has 1 amide bonds. The van der Waals surface area contributed by atoms with E-state index in [1.165, 1.54) is 31.4 Å². The third-order valence-corrected chi connectivity index (χ3v) is 6.95. The fourth-order valence-electron chi connectivity index (χ4n) is 4.05. The molecule has 190 valence electrons. The number of halogens is 1. The molecule has 37 heavy (non-hydrogen) atoms. The zero-order chi connectivity index (χ0) is 26.9. The first-order chi connectivity index (χ1) is 17.7. The van der Waals surface area contributed by atoms with Crippen LogP contribution in [0.1, 0.15) is 38.1 Å². The van der Waals surface area contributed by atoms with E-state index >= 15 is 0 Å². The van der Waals surface area contributed by atoms with E-state index in [0.29, 0.717) is 34.7 Å². The van der Waals surface area contributed by atoms with Gasteiger partial charge in [0.05, 0.1) is 24.4 Å². The molecular formula is C27H23FN2O6S. The van der Waals surface area contributed by atoms with Gasteiger partial charge in [-0.2, -0.15) is 0 Å². The third-order valence-electron chi connectivity index (χ3n) is 5.81. The highest BCUT2D eigenvalue weighted by Gasteiger charge is 2.48. The van der Waals surface area contributed by atoms with Crippen LogP contribution in [0.15, 0.2) is 60.7 Å². The monoisotopic (exact) mass is 522 g/mol. The lowest BCUT2D eigenvalue weighted by Crippen LogP contribution is -2.29. The number of anilines is 1. The summed E-state index contributed by atoms with van der Waals surface area (Å²) in [6, 6.07) is 9.02. The first-order valence-corrected chi connectivity index (χ1v) is 12.0. The Hall–Kier alpha value is -4.31. The lowest BCUT2D eigenvalue weighted by atomic mass is 9.94. The topological polar surface area (TPSA) is 106 Å². The minimum Gasteiger partial charge on any atom is -0.507 e. The molecular weight excluding hydrogens is 499 g/mol. The summed E-state index contributed by atoms with van der Waals surface area (Å²) in [6.45, 7) is 7.21. The number of thiazole rings is 1. The summed E-state index contributed by atoms with van der Waals surface area (Å²) in [5.41, 5.74) is 1.42. The molecule has 2 aromatic carbocycles. The molecule has 0 aliphatic carbocycles. The number of ether oxygens (including phenoxy) is 2. The summed E-state index contributed by atoms with van der Waals surface area (Å²) < 4.78 is 24.1. The molecule has 0 radical (unpaired) electrons. The molecule has 0 bridgehead atoms. The van der Waals surface area contributed by atoms with Crippen LogP contribution >= 0.6 is 11.3 Å². The van der Waals surface area contributed by atoms with E-state index in [1.807, 2.05) is 0 Å². The fourth-order valence-corrected chi connectivity index (χ4v) is 5.06. The van der Waals surface area contributed by atoms with Crippen molar-refractivity contribution >= 4 is 39.9 Å². The Morgan fingerprint density at radius 2 is 1.92 bits per heavy atom. The normalized spacial score (nSPS) is 16.6. The number of aromatic nitrogens is 1. The van der Waals surface area contributed by atoms with E-state index in [9.17, 15) is 23.9 Å². The second-order valence-corrected chi connectivity index (χ2v) is 9.18. The molecule has 4 rings (SSSR count). The van der Waals surface area contributed by atoms with E-state index in [0.717, 1.165) is 16.2 Å². The molecule has 1 fully saturated rings. The Bertz CT molecular complexity index is 1440. The van der Waals surface area contributed by atoms with Crippen molar-refractivity contribution < 1.29 is 33.4 Å². The van der Waals surface area contributed by atoms with Crippen molar-refractivity contribution in [3.05, 3.63) is 93.8 Å². The average Bonchev–Trinajstić information content (AvgIpc) is 3.39. The molecule has 2 heterocycles. The van der Waals surface area contributed by atoms with Gasteiger partial charge in [0.25, 0.3) is 5.78 Å². The zero-order valence-corrected chi connectivity index (χ0v) is 21.1. The van der Waals surface area contributed by atoms with Gasteiger partial charge in [0.1, 0.15) is 28.8 Å². The van der Waals surface area contributed by atoms with Gasteiger partial charge in [-0.05, 0) is 55.3 Å². The van der Waals surface area contributed by atoms with Crippen LogP contribution in [0.3, 0.4) is 0 Å². The Morgan fingerprint density at radius 3 is 2.54 bits per heavy atom. The number of Topliss-reactive ketones (excluding diaryl/α,β-unsaturated/α-hetero) is 1. The largest absolute Gasteiger partial charge is 0.507 e. The van der Waals surface area contributed by atoms with Crippen molar-refractivity contribution in [2.45, 2.75) is 19.9 Å². The van der Waals surface area contributed by atoms with Gasteiger partial charge in [0.2, 0.25) is 0 Å². The Labute approximate surface area is 216 Å². The predicted molar refractivity (Wildman–Crippen MR) is 136 cm³/mol. The van der Waals surface area contributed by atoms with Crippen LogP contribution in [-0.4, -0.2) is 41.5 Å². The number of aliphatic hydroxyl groups is 1. The minimum atomic E-state index is -1.12. The maximum absolute atomic E-state index is 13.7. The summed E-state index contributed by atoms with van der Waals surface area (Å²) in [5.74, 6) is -2.88. The van der Waals surface area contributed by atoms with Crippen LogP contribution in [0.4, 0.5) is 9.52 Å². The Morgan fingerprint density at radius 1 is 1.22 bits per heavy atom. The minimum absolute atomic E-state index is 0.0678. The summed E-state index contributed by atoms with van der Waals surface area (Å²) in [7, 11) is 1.22. The van der Waals surface area contributed by atoms with Crippen LogP contribution < -0.4 is 9.64 Å². The average molecular weight is 523 g/mol. The third kappa shape index (κ3) is 4.75. The molecule has 1 atom stereocenters. The van der Waals surface area contributed by atoms with Gasteiger partial charge in [-0.1, -0.05) is 36.1 Å². The van der Waals surface area contributed by atoms with Gasteiger partial charge in [-0.15, -0.1) is 0 Å². The van der Waals surface area contributed by atoms with Crippen LogP contribution in [0, 0.1) is 19.7 Å². The van der Waals surface area contributed by atoms with Gasteiger partial charge in [0.15, 0.2) is 5.13 Å². The number of ketones is 1. The van der Waals surface area contributed by atoms with Crippen LogP contribution in [0.2, 0.25) is 0 Å². The number of nitrogens with zero attached hydrogens (tertiary/aromatic N) is 2. The predicted octanol–water partition coefficient (Wildman–Crippen LogP) is 4.88. The maximum Gasteiger partial charge on any atom is 0.350 e. The number of hydrogen-bond acceptors (Lipinski definition) is 8. The van der Waals surface area contributed by atoms with Crippen molar-refractivity contribution in [3.8, 4) is 5.75 Å². The highest BCUT2D eigenvalue weighted by Crippen LogP contribution is 2.44. The Kier molecular flexibility index (Phi) is 7.21. The van der Waals surface area contributed by atoms with Crippen molar-refractivity contribution in [2.24, 2.45) is 0 Å². The lowest BCUT2D eigenvalue weighted by Gasteiger charge is -2.23. The maximum atomic E-state index is 13.7. The number of carbonyl (C=O) groups excluding carboxylic acids is 3. The van der Waals surface area contributed by atoms with Crippen LogP contribution in [0.25, 0.3) is 5.76 Å². The number of carbonyl (C=O) groups is 3. The Balaban J connectivity index is 1.89. The summed E-state index contributed by atoms with van der Waals surface area (Å²) in [4.78, 5) is 44.4. The number of aliphatic hydroxyl groups excluding tert-OH is 1. The van der Waals surface area contributed by atoms with Crippen molar-refractivity contribution in [2.75, 3.05) is 18.6 Å². The van der Waals surface area contributed by atoms with Gasteiger partial charge in [-0.25, -0.2) is 14.2 Å². The highest BCUT2D eigenvalue weighted by molar-refractivity contribution is 7.17. The SMILES string of the molecule is C=CCOc1ccc(C(O)=C2C(=O)C(=O)N(c3nc(C)c(C(=O)OC)s3)[C@H]2c2ccc(F)cc2)c(C)c1. The number of hydrogen-bond donors (Lipinski definition) is 1. The molecule has 3 aromatic rings. The van der Waals surface area contributed by atoms with E-state index in [-0.39, 0.29) is 15.6 Å².